The van der Waals surface area contributed by atoms with E-state index in [1.165, 1.54) is 15.9 Å². The highest BCUT2D eigenvalue weighted by Gasteiger charge is 2.49. The Morgan fingerprint density at radius 3 is 3.00 bits per heavy atom. The number of rotatable bonds is 4. The van der Waals surface area contributed by atoms with Gasteiger partial charge in [0.2, 0.25) is 0 Å². The highest BCUT2D eigenvalue weighted by atomic mass is 16.6. The van der Waals surface area contributed by atoms with Crippen molar-refractivity contribution in [3.05, 3.63) is 30.6 Å². The molecule has 136 valence electrons. The maximum atomic E-state index is 12.4. The minimum atomic E-state index is -0.582. The number of hydrogen-bond donors (Lipinski definition) is 0. The van der Waals surface area contributed by atoms with Gasteiger partial charge in [-0.1, -0.05) is 6.07 Å². The van der Waals surface area contributed by atoms with Gasteiger partial charge < -0.3 is 19.3 Å². The van der Waals surface area contributed by atoms with Gasteiger partial charge in [-0.2, -0.15) is 0 Å². The fraction of sp³-hybridized carbons (Fsp3) is 0.438. The molecule has 0 saturated carbocycles. The molecule has 1 unspecified atom stereocenters. The summed E-state index contributed by atoms with van der Waals surface area (Å²) < 4.78 is 12.6. The predicted octanol–water partition coefficient (Wildman–Crippen LogP) is 0.0942. The van der Waals surface area contributed by atoms with Crippen molar-refractivity contribution < 1.29 is 19.1 Å². The van der Waals surface area contributed by atoms with Crippen molar-refractivity contribution in [3.63, 3.8) is 0 Å². The highest BCUT2D eigenvalue weighted by molar-refractivity contribution is 5.78. The lowest BCUT2D eigenvalue weighted by atomic mass is 10.0. The molecule has 2 aromatic rings. The lowest BCUT2D eigenvalue weighted by Gasteiger charge is -2.21. The van der Waals surface area contributed by atoms with Crippen LogP contribution in [0.15, 0.2) is 30.6 Å². The van der Waals surface area contributed by atoms with Gasteiger partial charge in [0.05, 0.1) is 18.8 Å². The first-order chi connectivity index (χ1) is 12.5. The topological polar surface area (TPSA) is 103 Å². The Morgan fingerprint density at radius 1 is 1.38 bits per heavy atom. The van der Waals surface area contributed by atoms with Gasteiger partial charge >= 0.3 is 6.09 Å². The molecular weight excluding hydrogens is 340 g/mol. The third-order valence-electron chi connectivity index (χ3n) is 4.60. The lowest BCUT2D eigenvalue weighted by molar-refractivity contribution is -0.133. The molecule has 1 atom stereocenters. The van der Waals surface area contributed by atoms with Gasteiger partial charge in [0, 0.05) is 26.1 Å². The van der Waals surface area contributed by atoms with Crippen molar-refractivity contribution in [2.24, 2.45) is 0 Å². The van der Waals surface area contributed by atoms with E-state index in [2.05, 4.69) is 15.5 Å². The number of hydrogen-bond acceptors (Lipinski definition) is 7. The number of nitrogens with zero attached hydrogens (tertiary/aromatic N) is 6. The first-order valence-electron chi connectivity index (χ1n) is 8.23. The monoisotopic (exact) mass is 358 g/mol. The number of ether oxygens (including phenoxy) is 2. The van der Waals surface area contributed by atoms with E-state index in [1.54, 1.807) is 30.1 Å². The first-order valence-corrected chi connectivity index (χ1v) is 8.23. The molecule has 0 bridgehead atoms. The molecule has 2 fully saturated rings. The van der Waals surface area contributed by atoms with Crippen LogP contribution in [-0.4, -0.2) is 80.9 Å². The Morgan fingerprint density at radius 2 is 2.27 bits per heavy atom. The van der Waals surface area contributed by atoms with Gasteiger partial charge in [-0.05, 0) is 22.6 Å². The zero-order valence-electron chi connectivity index (χ0n) is 14.2. The normalized spacial score (nSPS) is 22.1. The largest absolute Gasteiger partial charge is 0.484 e. The van der Waals surface area contributed by atoms with Gasteiger partial charge in [-0.25, -0.2) is 9.48 Å². The average molecular weight is 358 g/mol. The van der Waals surface area contributed by atoms with Crippen LogP contribution in [0.2, 0.25) is 0 Å². The van der Waals surface area contributed by atoms with Crippen molar-refractivity contribution in [1.29, 1.82) is 0 Å². The number of carbonyl (C=O) groups is 2. The summed E-state index contributed by atoms with van der Waals surface area (Å²) in [4.78, 5) is 27.3. The summed E-state index contributed by atoms with van der Waals surface area (Å²) in [6, 6.07) is 7.15. The molecule has 1 spiro atoms. The van der Waals surface area contributed by atoms with E-state index < -0.39 is 5.60 Å². The molecule has 2 aliphatic rings. The standard InChI is InChI=1S/C16H18N6O4/c1-20-9-16(26-15(20)24)5-6-21(10-16)14(23)8-25-13-4-2-3-12(7-13)22-11-17-18-19-22/h2-4,7,11H,5-6,8-10H2,1H3. The Labute approximate surface area is 149 Å². The van der Waals surface area contributed by atoms with E-state index in [0.29, 0.717) is 31.8 Å². The summed E-state index contributed by atoms with van der Waals surface area (Å²) in [6.45, 7) is 1.37. The summed E-state index contributed by atoms with van der Waals surface area (Å²) >= 11 is 0. The van der Waals surface area contributed by atoms with Crippen LogP contribution in [0.4, 0.5) is 4.79 Å². The molecule has 2 saturated heterocycles. The molecule has 10 heteroatoms. The number of aromatic nitrogens is 4. The number of carbonyl (C=O) groups excluding carboxylic acids is 2. The van der Waals surface area contributed by atoms with Crippen LogP contribution in [0.5, 0.6) is 5.75 Å². The lowest BCUT2D eigenvalue weighted by Crippen LogP contribution is -2.40. The van der Waals surface area contributed by atoms with Crippen LogP contribution < -0.4 is 4.74 Å². The fourth-order valence-electron chi connectivity index (χ4n) is 3.29. The molecule has 1 aromatic carbocycles. The molecule has 4 rings (SSSR count). The van der Waals surface area contributed by atoms with Crippen molar-refractivity contribution in [2.45, 2.75) is 12.0 Å². The van der Waals surface area contributed by atoms with Gasteiger partial charge in [0.1, 0.15) is 12.1 Å². The second-order valence-corrected chi connectivity index (χ2v) is 6.51. The van der Waals surface area contributed by atoms with Crippen molar-refractivity contribution in [2.75, 3.05) is 33.3 Å². The van der Waals surface area contributed by atoms with Crippen molar-refractivity contribution in [1.82, 2.24) is 30.0 Å². The van der Waals surface area contributed by atoms with Crippen LogP contribution in [-0.2, 0) is 9.53 Å². The zero-order chi connectivity index (χ0) is 18.1. The van der Waals surface area contributed by atoms with Gasteiger partial charge in [0.25, 0.3) is 5.91 Å². The molecule has 0 aliphatic carbocycles. The van der Waals surface area contributed by atoms with Crippen LogP contribution in [0, 0.1) is 0 Å². The molecule has 10 nitrogen and oxygen atoms in total. The summed E-state index contributed by atoms with van der Waals surface area (Å²) in [6.07, 6.45) is 1.78. The van der Waals surface area contributed by atoms with E-state index in [0.717, 1.165) is 5.69 Å². The first kappa shape index (κ1) is 16.3. The molecule has 0 N–H and O–H groups in total. The third-order valence-corrected chi connectivity index (χ3v) is 4.60. The smallest absolute Gasteiger partial charge is 0.410 e. The molecule has 0 radical (unpaired) electrons. The van der Waals surface area contributed by atoms with Crippen LogP contribution in [0.3, 0.4) is 0 Å². The Bertz CT molecular complexity index is 826. The minimum Gasteiger partial charge on any atom is -0.484 e. The minimum absolute atomic E-state index is 0.0844. The van der Waals surface area contributed by atoms with E-state index in [4.69, 9.17) is 9.47 Å². The number of likely N-dealkylation sites (tertiary alicyclic amines) is 1. The molecule has 1 aromatic heterocycles. The molecule has 2 amide bonds. The second-order valence-electron chi connectivity index (χ2n) is 6.51. The van der Waals surface area contributed by atoms with E-state index in [1.807, 2.05) is 6.07 Å². The summed E-state index contributed by atoms with van der Waals surface area (Å²) in [7, 11) is 1.70. The highest BCUT2D eigenvalue weighted by Crippen LogP contribution is 2.31. The number of tetrazole rings is 1. The summed E-state index contributed by atoms with van der Waals surface area (Å²) in [5.41, 5.74) is 0.155. The van der Waals surface area contributed by atoms with Crippen LogP contribution in [0.25, 0.3) is 5.69 Å². The van der Waals surface area contributed by atoms with Crippen LogP contribution in [0.1, 0.15) is 6.42 Å². The quantitative estimate of drug-likeness (QED) is 0.763. The summed E-state index contributed by atoms with van der Waals surface area (Å²) in [5, 5.41) is 11.0. The van der Waals surface area contributed by atoms with Gasteiger partial charge in [-0.15, -0.1) is 5.10 Å². The van der Waals surface area contributed by atoms with E-state index >= 15 is 0 Å². The number of amides is 2. The molecule has 2 aliphatic heterocycles. The molecular formula is C16H18N6O4. The van der Waals surface area contributed by atoms with Crippen LogP contribution >= 0.6 is 0 Å². The third kappa shape index (κ3) is 3.05. The van der Waals surface area contributed by atoms with Crippen molar-refractivity contribution in [3.8, 4) is 11.4 Å². The van der Waals surface area contributed by atoms with E-state index in [9.17, 15) is 9.59 Å². The van der Waals surface area contributed by atoms with E-state index in [-0.39, 0.29) is 18.6 Å². The second kappa shape index (κ2) is 6.28. The van der Waals surface area contributed by atoms with Gasteiger partial charge in [0.15, 0.2) is 12.2 Å². The maximum Gasteiger partial charge on any atom is 0.410 e. The Balaban J connectivity index is 1.35. The predicted molar refractivity (Wildman–Crippen MR) is 87.7 cm³/mol. The average Bonchev–Trinajstić information content (AvgIpc) is 3.35. The van der Waals surface area contributed by atoms with Gasteiger partial charge in [-0.3, -0.25) is 4.79 Å². The molecule has 3 heterocycles. The molecule has 26 heavy (non-hydrogen) atoms. The number of benzene rings is 1. The summed E-state index contributed by atoms with van der Waals surface area (Å²) in [5.74, 6) is 0.410. The zero-order valence-corrected chi connectivity index (χ0v) is 14.2. The maximum absolute atomic E-state index is 12.4. The van der Waals surface area contributed by atoms with Crippen molar-refractivity contribution >= 4 is 12.0 Å². The Kier molecular flexibility index (Phi) is 3.94. The Hall–Kier alpha value is -3.17. The number of likely N-dealkylation sites (N-methyl/N-ethyl adjacent to an activating group) is 1. The fourth-order valence-corrected chi connectivity index (χ4v) is 3.29. The SMILES string of the molecule is CN1CC2(CCN(C(=O)COc3cccc(-n4cnnn4)c3)C2)OC1=O.